The van der Waals surface area contributed by atoms with Crippen molar-refractivity contribution >= 4 is 84.6 Å². The Hall–Kier alpha value is -0.160. The van der Waals surface area contributed by atoms with Crippen LogP contribution < -0.4 is 10.5 Å². The van der Waals surface area contributed by atoms with Crippen LogP contribution in [-0.2, 0) is 121 Å². The lowest BCUT2D eigenvalue weighted by atomic mass is 10.0. The minimum Gasteiger partial charge on any atom is -0.726 e. The second-order valence-corrected chi connectivity index (χ2v) is 36.5. The van der Waals surface area contributed by atoms with Crippen molar-refractivity contribution in [1.29, 1.82) is 0 Å². The first-order chi connectivity index (χ1) is 42.5. The molecule has 8 fully saturated rings. The van der Waals surface area contributed by atoms with E-state index in [0.29, 0.717) is 0 Å². The standard InChI is InChI=1S/2C11H20O11S2.2C10H18O10S2/c2*12-1-6-7(14)4(13)2-23(6)3-5-10(24(19,20)22-18)8(15)9(16)11(17)21-5;2*11-1-6-7(13)4(12)2-21(6)3-5-9(20-22(16,17)18)8(14)10(15)19-5/h2*4-17H,1-3H2;2*4-15H,1-3H2/t4-,5-,6-,7+,8-,9-,10+,11?,23?;4-,5-,6-,7+,8-,9-,10-,11?,23?;4-,5-,6-,7+,8+,9-,10?,21?;4-,5-,6-,7+,8-,9+,10?,21?/m1111/s1. The molecule has 8 aliphatic rings. The topological polar surface area (TPSA) is 748 Å². The Labute approximate surface area is 534 Å². The molecule has 0 amide bonds. The zero-order valence-corrected chi connectivity index (χ0v) is 53.6. The lowest BCUT2D eigenvalue weighted by Crippen LogP contribution is -2.62. The summed E-state index contributed by atoms with van der Waals surface area (Å²) in [6.07, 6.45) is -36.0. The summed E-state index contributed by atoms with van der Waals surface area (Å²) < 4.78 is 146. The van der Waals surface area contributed by atoms with E-state index in [1.54, 1.807) is 0 Å². The van der Waals surface area contributed by atoms with Crippen molar-refractivity contribution in [2.75, 3.05) is 72.5 Å². The van der Waals surface area contributed by atoms with Crippen LogP contribution in [0.3, 0.4) is 0 Å². The fraction of sp³-hybridized carbons (Fsp3) is 1.00. The average molecular weight is 1510 g/mol. The first-order valence-electron chi connectivity index (χ1n) is 26.9. The Morgan fingerprint density at radius 2 is 0.554 bits per heavy atom. The predicted octanol–water partition coefficient (Wildman–Crippen LogP) is -20.5. The number of aliphatic hydroxyl groups is 22. The van der Waals surface area contributed by atoms with E-state index in [1.807, 2.05) is 0 Å². The summed E-state index contributed by atoms with van der Waals surface area (Å²) in [6, 6.07) is 0. The maximum atomic E-state index is 11.8. The highest BCUT2D eigenvalue weighted by Crippen LogP contribution is 2.36. The monoisotopic (exact) mass is 1510 g/mol. The minimum atomic E-state index is -5.12. The Morgan fingerprint density at radius 3 is 0.772 bits per heavy atom. The summed E-state index contributed by atoms with van der Waals surface area (Å²) in [6.45, 7) is -1.75. The van der Waals surface area contributed by atoms with Gasteiger partial charge < -0.3 is 160 Å². The van der Waals surface area contributed by atoms with Gasteiger partial charge in [-0.25, -0.2) is 16.8 Å². The molecule has 0 spiro atoms. The number of hydrogen-bond acceptors (Lipinski definition) is 42. The molecular weight excluding hydrogens is 1430 g/mol. The molecule has 8 heterocycles. The summed E-state index contributed by atoms with van der Waals surface area (Å²) in [5, 5.41) is 225. The molecule has 8 rings (SSSR count). The molecule has 544 valence electrons. The van der Waals surface area contributed by atoms with Crippen molar-refractivity contribution in [3.8, 4) is 0 Å². The second-order valence-electron chi connectivity index (χ2n) is 21.8. The SMILES string of the molecule is O=S(=O)(O[O-])[C@@H]1[C@H](O)[C@@H](O)C(O)O[C@@H]1C[S+]1C[C@@H](O)[C@H](O)[C@H]1CO.O=S(=O)(O[O-])[C@H]1[C@H](O)[C@@H](O)C(O)O[C@@H]1C[S+]1C[C@@H](O)[C@H](O)[C@H]1CO.O=S(=O)([O-])O[C@H]1[C@@H](C[S+]2C[C@@H](O)[C@H](O)[C@H]2CO)OC(O)[C@@H]1O.O=S(=O)([O-])O[C@H]1[C@H](O)C(O)O[C@@H]1C[S+]1C[C@@H](O)[C@H](O)[C@H]1CO. The zero-order valence-electron chi connectivity index (χ0n) is 47.1. The Balaban J connectivity index is 0.000000223. The van der Waals surface area contributed by atoms with Crippen LogP contribution in [0.1, 0.15) is 0 Å². The summed E-state index contributed by atoms with van der Waals surface area (Å²) >= 11 is 0. The van der Waals surface area contributed by atoms with Gasteiger partial charge in [0.1, 0.15) is 179 Å². The van der Waals surface area contributed by atoms with Gasteiger partial charge in [0.2, 0.25) is 20.8 Å². The molecule has 0 aromatic heterocycles. The van der Waals surface area contributed by atoms with Crippen LogP contribution in [0.4, 0.5) is 0 Å². The van der Waals surface area contributed by atoms with E-state index in [4.69, 9.17) is 18.9 Å². The van der Waals surface area contributed by atoms with Gasteiger partial charge >= 0.3 is 0 Å². The molecule has 0 saturated carbocycles. The van der Waals surface area contributed by atoms with Crippen molar-refractivity contribution in [1.82, 2.24) is 0 Å². The molecule has 0 bridgehead atoms. The zero-order chi connectivity index (χ0) is 69.8. The van der Waals surface area contributed by atoms with Crippen LogP contribution in [-0.4, -0.2) is 406 Å². The molecule has 8 aliphatic heterocycles. The Kier molecular flexibility index (Phi) is 30.9. The number of ether oxygens (including phenoxy) is 4. The molecule has 0 aromatic carbocycles. The Morgan fingerprint density at radius 1 is 0.337 bits per heavy atom. The van der Waals surface area contributed by atoms with Crippen molar-refractivity contribution in [3.05, 3.63) is 0 Å². The summed E-state index contributed by atoms with van der Waals surface area (Å²) in [5.41, 5.74) is 0. The largest absolute Gasteiger partial charge is 0.726 e. The molecule has 42 nitrogen and oxygen atoms in total. The quantitative estimate of drug-likeness (QED) is 0.0177. The number of aliphatic hydroxyl groups excluding tert-OH is 22. The molecular formula is C42H76O42S8. The molecule has 0 radical (unpaired) electrons. The average Bonchev–Trinajstić information content (AvgIpc) is 1.07. The van der Waals surface area contributed by atoms with Crippen LogP contribution in [0.2, 0.25) is 0 Å². The molecule has 92 heavy (non-hydrogen) atoms. The highest BCUT2D eigenvalue weighted by atomic mass is 32.3. The maximum absolute atomic E-state index is 11.8. The lowest BCUT2D eigenvalue weighted by molar-refractivity contribution is -0.635. The van der Waals surface area contributed by atoms with Gasteiger partial charge in [-0.05, 0) is 0 Å². The molecule has 22 N–H and O–H groups in total. The second kappa shape index (κ2) is 34.5. The van der Waals surface area contributed by atoms with Crippen LogP contribution in [0.15, 0.2) is 0 Å². The normalized spacial score (nSPS) is 46.7. The van der Waals surface area contributed by atoms with Crippen molar-refractivity contribution in [2.45, 2.75) is 179 Å². The van der Waals surface area contributed by atoms with Crippen molar-refractivity contribution in [3.63, 3.8) is 0 Å². The first-order valence-corrected chi connectivity index (χ1v) is 39.0. The van der Waals surface area contributed by atoms with Gasteiger partial charge in [0.05, 0.1) is 26.4 Å². The van der Waals surface area contributed by atoms with E-state index < -0.39 is 290 Å². The van der Waals surface area contributed by atoms with E-state index >= 15 is 0 Å². The Bertz CT molecular complexity index is 2570. The summed E-state index contributed by atoms with van der Waals surface area (Å²) in [7, 11) is -23.3. The van der Waals surface area contributed by atoms with Gasteiger partial charge in [-0.15, -0.1) is 0 Å². The number of hydrogen-bond donors (Lipinski definition) is 22. The lowest BCUT2D eigenvalue weighted by Gasteiger charge is -2.39. The fourth-order valence-corrected chi connectivity index (χ4v) is 25.7. The molecule has 0 aromatic rings. The fourth-order valence-electron chi connectivity index (χ4n) is 11.1. The van der Waals surface area contributed by atoms with Crippen LogP contribution in [0, 0.1) is 0 Å². The van der Waals surface area contributed by atoms with Gasteiger partial charge in [0.15, 0.2) is 46.2 Å². The van der Waals surface area contributed by atoms with E-state index in [1.165, 1.54) is 0 Å². The van der Waals surface area contributed by atoms with Crippen molar-refractivity contribution in [2.24, 2.45) is 0 Å². The van der Waals surface area contributed by atoms with Gasteiger partial charge in [-0.1, -0.05) is 0 Å². The molecule has 0 aliphatic carbocycles. The number of rotatable bonds is 20. The van der Waals surface area contributed by atoms with E-state index in [2.05, 4.69) is 17.0 Å². The molecule has 34 atom stereocenters. The highest BCUT2D eigenvalue weighted by molar-refractivity contribution is 7.99. The van der Waals surface area contributed by atoms with E-state index in [9.17, 15) is 166 Å². The smallest absolute Gasteiger partial charge is 0.267 e. The predicted molar refractivity (Wildman–Crippen MR) is 296 cm³/mol. The first kappa shape index (κ1) is 82.5. The van der Waals surface area contributed by atoms with Gasteiger partial charge in [0, 0.05) is 43.6 Å². The van der Waals surface area contributed by atoms with Gasteiger partial charge in [-0.2, -0.15) is 16.8 Å². The van der Waals surface area contributed by atoms with Gasteiger partial charge in [0.25, 0.3) is 20.2 Å². The summed E-state index contributed by atoms with van der Waals surface area (Å²) in [4.78, 5) is 0. The van der Waals surface area contributed by atoms with Crippen LogP contribution >= 0.6 is 0 Å². The maximum Gasteiger partial charge on any atom is 0.267 e. The third kappa shape index (κ3) is 20.1. The molecule has 50 heteroatoms. The summed E-state index contributed by atoms with van der Waals surface area (Å²) in [5.74, 6) is 0.0325. The third-order valence-corrected chi connectivity index (χ3v) is 30.9. The van der Waals surface area contributed by atoms with Crippen LogP contribution in [0.25, 0.3) is 0 Å². The van der Waals surface area contributed by atoms with Gasteiger partial charge in [-0.3, -0.25) is 8.37 Å². The van der Waals surface area contributed by atoms with E-state index in [-0.39, 0.29) is 46.0 Å². The van der Waals surface area contributed by atoms with Crippen molar-refractivity contribution < 1.29 is 202 Å². The highest BCUT2D eigenvalue weighted by Gasteiger charge is 2.60. The minimum absolute atomic E-state index is 0.00759. The van der Waals surface area contributed by atoms with E-state index in [0.717, 1.165) is 0 Å². The molecule has 8 unspecified atom stereocenters. The molecule has 8 saturated heterocycles. The third-order valence-electron chi connectivity index (χ3n) is 15.8. The van der Waals surface area contributed by atoms with Crippen LogP contribution in [0.5, 0.6) is 0 Å².